The molecule has 3 aromatic rings. The minimum atomic E-state index is 0.234. The monoisotopic (exact) mass is 304 g/mol. The number of rotatable bonds is 4. The molecule has 0 fully saturated rings. The lowest BCUT2D eigenvalue weighted by Gasteiger charge is -2.14. The molecule has 0 spiro atoms. The Labute approximate surface area is 125 Å². The Hall–Kier alpha value is -1.66. The third-order valence-electron chi connectivity index (χ3n) is 3.06. The number of aryl methyl sites for hydroxylation is 1. The summed E-state index contributed by atoms with van der Waals surface area (Å²) in [6, 6.07) is 6.58. The smallest absolute Gasteiger partial charge is 0.225 e. The number of nitrogens with one attached hydrogen (secondary N) is 2. The summed E-state index contributed by atoms with van der Waals surface area (Å²) in [5.74, 6) is 1.55. The van der Waals surface area contributed by atoms with Crippen molar-refractivity contribution in [3.05, 3.63) is 33.3 Å². The molecule has 0 saturated carbocycles. The second-order valence-electron chi connectivity index (χ2n) is 4.60. The molecular formula is C14H16N4S2. The minimum Gasteiger partial charge on any atom is -0.362 e. The Morgan fingerprint density at radius 1 is 1.30 bits per heavy atom. The molecule has 3 heterocycles. The van der Waals surface area contributed by atoms with E-state index in [1.165, 1.54) is 9.75 Å². The maximum absolute atomic E-state index is 4.56. The van der Waals surface area contributed by atoms with Crippen molar-refractivity contribution in [3.63, 3.8) is 0 Å². The van der Waals surface area contributed by atoms with Crippen LogP contribution in [0.4, 0.5) is 11.8 Å². The van der Waals surface area contributed by atoms with Crippen LogP contribution in [0.2, 0.25) is 0 Å². The molecule has 0 amide bonds. The number of fused-ring (bicyclic) bond motifs is 1. The third kappa shape index (κ3) is 2.48. The summed E-state index contributed by atoms with van der Waals surface area (Å²) in [5, 5.41) is 9.71. The first-order valence-corrected chi connectivity index (χ1v) is 8.13. The molecule has 0 bridgehead atoms. The van der Waals surface area contributed by atoms with Crippen molar-refractivity contribution in [2.45, 2.75) is 19.9 Å². The average molecular weight is 304 g/mol. The summed E-state index contributed by atoms with van der Waals surface area (Å²) in [4.78, 5) is 12.6. The first kappa shape index (κ1) is 13.3. The summed E-state index contributed by atoms with van der Waals surface area (Å²) in [6.45, 7) is 4.25. The van der Waals surface area contributed by atoms with Gasteiger partial charge in [-0.3, -0.25) is 0 Å². The molecule has 1 unspecified atom stereocenters. The van der Waals surface area contributed by atoms with Crippen LogP contribution in [0.25, 0.3) is 10.2 Å². The maximum Gasteiger partial charge on any atom is 0.225 e. The second kappa shape index (κ2) is 5.38. The summed E-state index contributed by atoms with van der Waals surface area (Å²) in [5.41, 5.74) is 0. The molecule has 0 aliphatic carbocycles. The van der Waals surface area contributed by atoms with Crippen molar-refractivity contribution >= 4 is 44.7 Å². The van der Waals surface area contributed by atoms with Crippen molar-refractivity contribution in [3.8, 4) is 0 Å². The summed E-state index contributed by atoms with van der Waals surface area (Å²) in [7, 11) is 1.84. The van der Waals surface area contributed by atoms with Crippen LogP contribution >= 0.6 is 22.7 Å². The molecule has 3 rings (SSSR count). The Morgan fingerprint density at radius 2 is 2.15 bits per heavy atom. The first-order valence-electron chi connectivity index (χ1n) is 6.43. The zero-order valence-electron chi connectivity index (χ0n) is 11.6. The van der Waals surface area contributed by atoms with E-state index in [2.05, 4.69) is 58.0 Å². The lowest BCUT2D eigenvalue weighted by atomic mass is 10.2. The molecule has 1 atom stereocenters. The van der Waals surface area contributed by atoms with Crippen LogP contribution in [0.3, 0.4) is 0 Å². The molecule has 0 saturated heterocycles. The highest BCUT2D eigenvalue weighted by molar-refractivity contribution is 7.18. The number of aromatic nitrogens is 2. The fourth-order valence-corrected chi connectivity index (χ4v) is 3.69. The highest BCUT2D eigenvalue weighted by atomic mass is 32.1. The Kier molecular flexibility index (Phi) is 3.58. The largest absolute Gasteiger partial charge is 0.362 e. The third-order valence-corrected chi connectivity index (χ3v) is 5.06. The van der Waals surface area contributed by atoms with Crippen molar-refractivity contribution < 1.29 is 0 Å². The van der Waals surface area contributed by atoms with Crippen LogP contribution in [0.5, 0.6) is 0 Å². The first-order chi connectivity index (χ1) is 9.67. The number of hydrogen-bond acceptors (Lipinski definition) is 6. The highest BCUT2D eigenvalue weighted by Gasteiger charge is 2.13. The van der Waals surface area contributed by atoms with Gasteiger partial charge in [-0.2, -0.15) is 4.98 Å². The van der Waals surface area contributed by atoms with Gasteiger partial charge in [-0.05, 0) is 31.4 Å². The molecule has 0 aromatic carbocycles. The normalized spacial score (nSPS) is 12.6. The van der Waals surface area contributed by atoms with Crippen LogP contribution in [0, 0.1) is 6.92 Å². The Balaban J connectivity index is 2.01. The van der Waals surface area contributed by atoms with E-state index < -0.39 is 0 Å². The van der Waals surface area contributed by atoms with Crippen molar-refractivity contribution in [2.24, 2.45) is 0 Å². The maximum atomic E-state index is 4.56. The van der Waals surface area contributed by atoms with Gasteiger partial charge in [-0.15, -0.1) is 22.7 Å². The van der Waals surface area contributed by atoms with E-state index in [-0.39, 0.29) is 6.04 Å². The fraction of sp³-hybridized carbons (Fsp3) is 0.286. The number of thiophene rings is 2. The lowest BCUT2D eigenvalue weighted by molar-refractivity contribution is 0.898. The van der Waals surface area contributed by atoms with Crippen LogP contribution < -0.4 is 10.6 Å². The van der Waals surface area contributed by atoms with Gasteiger partial charge in [-0.1, -0.05) is 6.07 Å². The average Bonchev–Trinajstić information content (AvgIpc) is 3.06. The van der Waals surface area contributed by atoms with Crippen molar-refractivity contribution in [2.75, 3.05) is 17.7 Å². The second-order valence-corrected chi connectivity index (χ2v) is 6.82. The van der Waals surface area contributed by atoms with E-state index in [1.807, 2.05) is 7.05 Å². The molecule has 3 aromatic heterocycles. The zero-order valence-corrected chi connectivity index (χ0v) is 13.2. The minimum absolute atomic E-state index is 0.234. The van der Waals surface area contributed by atoms with Crippen LogP contribution in [-0.2, 0) is 0 Å². The predicted molar refractivity (Wildman–Crippen MR) is 88.1 cm³/mol. The van der Waals surface area contributed by atoms with Crippen LogP contribution in [0.1, 0.15) is 22.7 Å². The van der Waals surface area contributed by atoms with Crippen LogP contribution in [-0.4, -0.2) is 17.0 Å². The molecule has 20 heavy (non-hydrogen) atoms. The van der Waals surface area contributed by atoms with Gasteiger partial charge in [0.25, 0.3) is 0 Å². The lowest BCUT2D eigenvalue weighted by Crippen LogP contribution is -2.08. The molecule has 2 N–H and O–H groups in total. The van der Waals surface area contributed by atoms with Gasteiger partial charge in [0.15, 0.2) is 0 Å². The topological polar surface area (TPSA) is 49.8 Å². The quantitative estimate of drug-likeness (QED) is 0.755. The molecular weight excluding hydrogens is 288 g/mol. The SMILES string of the molecule is CNc1nc(NC(C)c2cccs2)c2cc(C)sc2n1. The van der Waals surface area contributed by atoms with E-state index in [0.717, 1.165) is 16.0 Å². The van der Waals surface area contributed by atoms with Crippen molar-refractivity contribution in [1.82, 2.24) is 9.97 Å². The van der Waals surface area contributed by atoms with Gasteiger partial charge in [0.1, 0.15) is 10.6 Å². The van der Waals surface area contributed by atoms with Gasteiger partial charge in [0.05, 0.1) is 11.4 Å². The van der Waals surface area contributed by atoms with Gasteiger partial charge in [0.2, 0.25) is 5.95 Å². The number of nitrogens with zero attached hydrogens (tertiary/aromatic N) is 2. The summed E-state index contributed by atoms with van der Waals surface area (Å²) >= 11 is 3.44. The Bertz CT molecular complexity index is 718. The van der Waals surface area contributed by atoms with E-state index in [9.17, 15) is 0 Å². The number of hydrogen-bond donors (Lipinski definition) is 2. The molecule has 104 valence electrons. The van der Waals surface area contributed by atoms with Gasteiger partial charge >= 0.3 is 0 Å². The summed E-state index contributed by atoms with van der Waals surface area (Å²) < 4.78 is 0. The van der Waals surface area contributed by atoms with Gasteiger partial charge in [-0.25, -0.2) is 4.98 Å². The van der Waals surface area contributed by atoms with E-state index in [0.29, 0.717) is 5.95 Å². The number of anilines is 2. The van der Waals surface area contributed by atoms with E-state index in [4.69, 9.17) is 0 Å². The van der Waals surface area contributed by atoms with E-state index >= 15 is 0 Å². The van der Waals surface area contributed by atoms with Crippen molar-refractivity contribution in [1.29, 1.82) is 0 Å². The predicted octanol–water partition coefficient (Wildman–Crippen LogP) is 4.28. The summed E-state index contributed by atoms with van der Waals surface area (Å²) in [6.07, 6.45) is 0. The van der Waals surface area contributed by atoms with Gasteiger partial charge in [0, 0.05) is 16.8 Å². The standard InChI is InChI=1S/C14H16N4S2/c1-8-7-10-12(16-9(2)11-5-4-6-19-11)17-14(15-3)18-13(10)20-8/h4-7,9H,1-3H3,(H2,15,16,17,18). The molecule has 4 nitrogen and oxygen atoms in total. The van der Waals surface area contributed by atoms with Gasteiger partial charge < -0.3 is 10.6 Å². The molecule has 6 heteroatoms. The van der Waals surface area contributed by atoms with E-state index in [1.54, 1.807) is 22.7 Å². The molecule has 0 aliphatic heterocycles. The van der Waals surface area contributed by atoms with Crippen LogP contribution in [0.15, 0.2) is 23.6 Å². The zero-order chi connectivity index (χ0) is 14.1. The Morgan fingerprint density at radius 3 is 2.85 bits per heavy atom. The molecule has 0 aliphatic rings. The highest BCUT2D eigenvalue weighted by Crippen LogP contribution is 2.32. The fourth-order valence-electron chi connectivity index (χ4n) is 2.08. The molecule has 0 radical (unpaired) electrons.